The standard InChI is InChI=1S/C14H24N2O4S/c1-10-13(9-15)14(11(2)20-10)21(17,18)16-7-6-12-5-3-4-8-19-12/h12,16H,3-9,15H2,1-2H3. The molecule has 2 heterocycles. The van der Waals surface area contributed by atoms with Gasteiger partial charge in [0.15, 0.2) is 0 Å². The van der Waals surface area contributed by atoms with Crippen molar-refractivity contribution in [2.45, 2.75) is 57.1 Å². The van der Waals surface area contributed by atoms with Gasteiger partial charge in [0.25, 0.3) is 0 Å². The Morgan fingerprint density at radius 2 is 2.05 bits per heavy atom. The van der Waals surface area contributed by atoms with Crippen LogP contribution in [0.2, 0.25) is 0 Å². The fraction of sp³-hybridized carbons (Fsp3) is 0.714. The number of hydrogen-bond acceptors (Lipinski definition) is 5. The van der Waals surface area contributed by atoms with Gasteiger partial charge in [-0.3, -0.25) is 0 Å². The van der Waals surface area contributed by atoms with E-state index in [4.69, 9.17) is 14.9 Å². The zero-order valence-electron chi connectivity index (χ0n) is 12.6. The van der Waals surface area contributed by atoms with Crippen LogP contribution >= 0.6 is 0 Å². The molecule has 0 bridgehead atoms. The van der Waals surface area contributed by atoms with E-state index in [1.807, 2.05) is 0 Å². The van der Waals surface area contributed by atoms with E-state index in [0.717, 1.165) is 25.9 Å². The van der Waals surface area contributed by atoms with E-state index in [9.17, 15) is 8.42 Å². The first kappa shape index (κ1) is 16.5. The molecule has 1 saturated heterocycles. The van der Waals surface area contributed by atoms with Crippen molar-refractivity contribution in [3.63, 3.8) is 0 Å². The first-order chi connectivity index (χ1) is 9.95. The van der Waals surface area contributed by atoms with Gasteiger partial charge in [-0.2, -0.15) is 0 Å². The van der Waals surface area contributed by atoms with Crippen molar-refractivity contribution in [3.05, 3.63) is 17.1 Å². The van der Waals surface area contributed by atoms with Crippen molar-refractivity contribution >= 4 is 10.0 Å². The molecule has 6 nitrogen and oxygen atoms in total. The molecule has 3 N–H and O–H groups in total. The first-order valence-electron chi connectivity index (χ1n) is 7.36. The number of nitrogens with one attached hydrogen (secondary N) is 1. The predicted octanol–water partition coefficient (Wildman–Crippen LogP) is 1.59. The van der Waals surface area contributed by atoms with Gasteiger partial charge in [0, 0.05) is 25.3 Å². The van der Waals surface area contributed by atoms with Crippen LogP contribution in [0, 0.1) is 13.8 Å². The highest BCUT2D eigenvalue weighted by Gasteiger charge is 2.26. The van der Waals surface area contributed by atoms with E-state index < -0.39 is 10.0 Å². The summed E-state index contributed by atoms with van der Waals surface area (Å²) in [6.07, 6.45) is 4.08. The van der Waals surface area contributed by atoms with Gasteiger partial charge in [0.05, 0.1) is 6.10 Å². The molecule has 1 aromatic heterocycles. The summed E-state index contributed by atoms with van der Waals surface area (Å²) >= 11 is 0. The fourth-order valence-electron chi connectivity index (χ4n) is 2.76. The lowest BCUT2D eigenvalue weighted by Gasteiger charge is -2.22. The van der Waals surface area contributed by atoms with Crippen LogP contribution in [0.1, 0.15) is 42.8 Å². The van der Waals surface area contributed by atoms with Crippen LogP contribution in [0.5, 0.6) is 0 Å². The van der Waals surface area contributed by atoms with E-state index in [1.54, 1.807) is 13.8 Å². The van der Waals surface area contributed by atoms with Crippen molar-refractivity contribution in [3.8, 4) is 0 Å². The maximum absolute atomic E-state index is 12.4. The van der Waals surface area contributed by atoms with Crippen molar-refractivity contribution in [1.29, 1.82) is 0 Å². The molecule has 21 heavy (non-hydrogen) atoms. The van der Waals surface area contributed by atoms with Crippen LogP contribution in [-0.4, -0.2) is 27.7 Å². The zero-order valence-corrected chi connectivity index (χ0v) is 13.5. The summed E-state index contributed by atoms with van der Waals surface area (Å²) in [6.45, 7) is 4.65. The highest BCUT2D eigenvalue weighted by molar-refractivity contribution is 7.89. The molecule has 0 saturated carbocycles. The number of rotatable bonds is 6. The largest absolute Gasteiger partial charge is 0.465 e. The van der Waals surface area contributed by atoms with Gasteiger partial charge in [-0.15, -0.1) is 0 Å². The molecule has 0 aromatic carbocycles. The van der Waals surface area contributed by atoms with Crippen molar-refractivity contribution in [2.75, 3.05) is 13.2 Å². The molecule has 2 rings (SSSR count). The van der Waals surface area contributed by atoms with Crippen molar-refractivity contribution in [1.82, 2.24) is 4.72 Å². The molecule has 0 radical (unpaired) electrons. The van der Waals surface area contributed by atoms with Crippen LogP contribution in [0.3, 0.4) is 0 Å². The smallest absolute Gasteiger partial charge is 0.244 e. The Morgan fingerprint density at radius 1 is 1.29 bits per heavy atom. The van der Waals surface area contributed by atoms with Gasteiger partial charge in [0.1, 0.15) is 16.4 Å². The Labute approximate surface area is 126 Å². The molecule has 120 valence electrons. The number of sulfonamides is 1. The molecular formula is C14H24N2O4S. The molecule has 1 atom stereocenters. The summed E-state index contributed by atoms with van der Waals surface area (Å²) in [5, 5.41) is 0. The van der Waals surface area contributed by atoms with Crippen LogP contribution in [0.4, 0.5) is 0 Å². The van der Waals surface area contributed by atoms with Crippen molar-refractivity contribution in [2.24, 2.45) is 5.73 Å². The number of hydrogen-bond donors (Lipinski definition) is 2. The average molecular weight is 316 g/mol. The molecule has 7 heteroatoms. The quantitative estimate of drug-likeness (QED) is 0.831. The maximum Gasteiger partial charge on any atom is 0.244 e. The zero-order chi connectivity index (χ0) is 15.5. The second-order valence-corrected chi connectivity index (χ2v) is 7.11. The number of aryl methyl sites for hydroxylation is 2. The maximum atomic E-state index is 12.4. The Hall–Kier alpha value is -0.890. The fourth-order valence-corrected chi connectivity index (χ4v) is 4.26. The van der Waals surface area contributed by atoms with Gasteiger partial charge < -0.3 is 14.9 Å². The normalized spacial score (nSPS) is 19.9. The monoisotopic (exact) mass is 316 g/mol. The number of ether oxygens (including phenoxy) is 1. The van der Waals surface area contributed by atoms with E-state index in [1.165, 1.54) is 0 Å². The third kappa shape index (κ3) is 3.85. The van der Waals surface area contributed by atoms with E-state index in [-0.39, 0.29) is 17.5 Å². The van der Waals surface area contributed by atoms with Gasteiger partial charge in [-0.05, 0) is 39.5 Å². The van der Waals surface area contributed by atoms with E-state index in [2.05, 4.69) is 4.72 Å². The Kier molecular flexibility index (Phi) is 5.43. The number of nitrogens with two attached hydrogens (primary N) is 1. The second-order valence-electron chi connectivity index (χ2n) is 5.40. The van der Waals surface area contributed by atoms with Crippen LogP contribution < -0.4 is 10.5 Å². The lowest BCUT2D eigenvalue weighted by molar-refractivity contribution is 0.0123. The summed E-state index contributed by atoms with van der Waals surface area (Å²) in [5.74, 6) is 0.945. The van der Waals surface area contributed by atoms with Crippen LogP contribution in [-0.2, 0) is 21.3 Å². The molecule has 0 aliphatic carbocycles. The molecule has 1 fully saturated rings. The van der Waals surface area contributed by atoms with Gasteiger partial charge in [-0.25, -0.2) is 13.1 Å². The van der Waals surface area contributed by atoms with Crippen LogP contribution in [0.15, 0.2) is 9.31 Å². The SMILES string of the molecule is Cc1oc(C)c(S(=O)(=O)NCCC2CCCCO2)c1CN. The highest BCUT2D eigenvalue weighted by Crippen LogP contribution is 2.26. The summed E-state index contributed by atoms with van der Waals surface area (Å²) in [4.78, 5) is 0.187. The first-order valence-corrected chi connectivity index (χ1v) is 8.84. The Bertz CT molecular complexity index is 574. The van der Waals surface area contributed by atoms with Gasteiger partial charge in [0.2, 0.25) is 10.0 Å². The topological polar surface area (TPSA) is 94.6 Å². The van der Waals surface area contributed by atoms with Gasteiger partial charge in [-0.1, -0.05) is 0 Å². The molecule has 1 aliphatic rings. The van der Waals surface area contributed by atoms with Crippen molar-refractivity contribution < 1.29 is 17.6 Å². The third-order valence-corrected chi connectivity index (χ3v) is 5.49. The summed E-state index contributed by atoms with van der Waals surface area (Å²) in [7, 11) is -3.59. The molecular weight excluding hydrogens is 292 g/mol. The lowest BCUT2D eigenvalue weighted by atomic mass is 10.1. The molecule has 1 aliphatic heterocycles. The van der Waals surface area contributed by atoms with Gasteiger partial charge >= 0.3 is 0 Å². The minimum atomic E-state index is -3.59. The molecule has 0 amide bonds. The number of furan rings is 1. The summed E-state index contributed by atoms with van der Waals surface area (Å²) in [6, 6.07) is 0. The minimum absolute atomic E-state index is 0.144. The molecule has 1 unspecified atom stereocenters. The Balaban J connectivity index is 2.01. The van der Waals surface area contributed by atoms with Crippen LogP contribution in [0.25, 0.3) is 0 Å². The lowest BCUT2D eigenvalue weighted by Crippen LogP contribution is -2.30. The predicted molar refractivity (Wildman–Crippen MR) is 79.5 cm³/mol. The third-order valence-electron chi connectivity index (χ3n) is 3.83. The highest BCUT2D eigenvalue weighted by atomic mass is 32.2. The Morgan fingerprint density at radius 3 is 2.67 bits per heavy atom. The second kappa shape index (κ2) is 6.91. The molecule has 1 aromatic rings. The molecule has 0 spiro atoms. The summed E-state index contributed by atoms with van der Waals surface area (Å²) in [5.41, 5.74) is 6.18. The van der Waals surface area contributed by atoms with E-state index >= 15 is 0 Å². The average Bonchev–Trinajstić information content (AvgIpc) is 2.74. The minimum Gasteiger partial charge on any atom is -0.465 e. The van der Waals surface area contributed by atoms with E-state index in [0.29, 0.717) is 30.0 Å². The summed E-state index contributed by atoms with van der Waals surface area (Å²) < 4.78 is 38.5.